The van der Waals surface area contributed by atoms with E-state index in [0.717, 1.165) is 16.8 Å². The largest absolute Gasteiger partial charge is 0.493 e. The Kier molecular flexibility index (Phi) is 7.07. The fourth-order valence-corrected chi connectivity index (χ4v) is 3.26. The van der Waals surface area contributed by atoms with Crippen molar-refractivity contribution >= 4 is 23.0 Å². The van der Waals surface area contributed by atoms with Gasteiger partial charge in [0.15, 0.2) is 11.5 Å². The highest BCUT2D eigenvalue weighted by Crippen LogP contribution is 2.30. The number of nitrogens with one attached hydrogen (secondary N) is 1. The van der Waals surface area contributed by atoms with Crippen LogP contribution < -0.4 is 14.8 Å². The maximum atomic E-state index is 5.83. The Hall–Kier alpha value is -3.34. The van der Waals surface area contributed by atoms with E-state index in [9.17, 15) is 0 Å². The number of anilines is 1. The quantitative estimate of drug-likeness (QED) is 0.432. The lowest BCUT2D eigenvalue weighted by molar-refractivity contribution is 0.130. The molecule has 0 bridgehead atoms. The van der Waals surface area contributed by atoms with Gasteiger partial charge in [-0.15, -0.1) is 6.42 Å². The van der Waals surface area contributed by atoms with E-state index in [4.69, 9.17) is 32.9 Å². The Bertz CT molecular complexity index is 1050. The number of hydrogen-bond acceptors (Lipinski definition) is 5. The number of aryl methyl sites for hydroxylation is 1. The van der Waals surface area contributed by atoms with E-state index in [1.54, 1.807) is 25.1 Å². The maximum absolute atomic E-state index is 5.83. The van der Waals surface area contributed by atoms with Gasteiger partial charge in [-0.3, -0.25) is 0 Å². The molecule has 1 heterocycles. The highest BCUT2D eigenvalue weighted by Gasteiger charge is 2.19. The second-order valence-corrected chi connectivity index (χ2v) is 6.90. The molecule has 154 valence electrons. The van der Waals surface area contributed by atoms with Crippen molar-refractivity contribution in [3.63, 3.8) is 0 Å². The van der Waals surface area contributed by atoms with Crippen LogP contribution in [0.15, 0.2) is 54.7 Å². The highest BCUT2D eigenvalue weighted by atomic mass is 32.1. The van der Waals surface area contributed by atoms with Crippen molar-refractivity contribution in [1.29, 1.82) is 0 Å². The first-order valence-corrected chi connectivity index (χ1v) is 9.67. The predicted molar refractivity (Wildman–Crippen MR) is 122 cm³/mol. The fourth-order valence-electron chi connectivity index (χ4n) is 2.95. The number of terminal acetylenes is 1. The smallest absolute Gasteiger partial charge is 0.162 e. The molecule has 3 aromatic rings. The Morgan fingerprint density at radius 2 is 1.87 bits per heavy atom. The summed E-state index contributed by atoms with van der Waals surface area (Å²) in [4.78, 5) is 0.483. The van der Waals surface area contributed by atoms with Crippen LogP contribution in [0.25, 0.3) is 5.69 Å². The van der Waals surface area contributed by atoms with Crippen LogP contribution in [-0.2, 0) is 4.74 Å². The van der Waals surface area contributed by atoms with Crippen LogP contribution in [0.3, 0.4) is 0 Å². The van der Waals surface area contributed by atoms with Crippen molar-refractivity contribution in [3.8, 4) is 29.5 Å². The molecule has 1 unspecified atom stereocenters. The molecule has 0 aliphatic rings. The minimum atomic E-state index is -0.481. The van der Waals surface area contributed by atoms with Gasteiger partial charge in [-0.1, -0.05) is 48.0 Å². The second-order valence-electron chi connectivity index (χ2n) is 6.46. The molecule has 1 N–H and O–H groups in total. The van der Waals surface area contributed by atoms with E-state index < -0.39 is 6.10 Å². The number of ether oxygens (including phenoxy) is 3. The van der Waals surface area contributed by atoms with Gasteiger partial charge in [0.2, 0.25) is 0 Å². The monoisotopic (exact) mass is 421 g/mol. The summed E-state index contributed by atoms with van der Waals surface area (Å²) >= 11 is 5.66. The summed E-state index contributed by atoms with van der Waals surface area (Å²) in [6.07, 6.45) is 6.60. The molecular weight excluding hydrogens is 398 g/mol. The Morgan fingerprint density at radius 3 is 2.53 bits per heavy atom. The molecule has 7 heteroatoms. The van der Waals surface area contributed by atoms with Crippen molar-refractivity contribution in [3.05, 3.63) is 65.9 Å². The number of benzene rings is 2. The molecule has 1 atom stereocenters. The number of nitrogens with zero attached hydrogens (tertiary/aromatic N) is 2. The first kappa shape index (κ1) is 21.4. The molecule has 0 aliphatic heterocycles. The zero-order valence-electron chi connectivity index (χ0n) is 17.1. The summed E-state index contributed by atoms with van der Waals surface area (Å²) in [7, 11) is 3.19. The summed E-state index contributed by atoms with van der Waals surface area (Å²) in [5, 5.41) is 7.64. The molecule has 0 radical (unpaired) electrons. The SMILES string of the molecule is C#CCOC(C(=S)Nc1ccnn1-c1ccc(OC)c(OC)c1)c1ccc(C)cc1. The maximum Gasteiger partial charge on any atom is 0.162 e. The molecule has 0 fully saturated rings. The lowest BCUT2D eigenvalue weighted by Gasteiger charge is -2.20. The summed E-state index contributed by atoms with van der Waals surface area (Å²) in [5.41, 5.74) is 2.87. The van der Waals surface area contributed by atoms with E-state index in [1.165, 1.54) is 0 Å². The van der Waals surface area contributed by atoms with Crippen molar-refractivity contribution in [1.82, 2.24) is 9.78 Å². The van der Waals surface area contributed by atoms with E-state index in [2.05, 4.69) is 16.3 Å². The summed E-state index contributed by atoms with van der Waals surface area (Å²) in [6.45, 7) is 2.18. The van der Waals surface area contributed by atoms with Crippen LogP contribution in [0, 0.1) is 19.3 Å². The van der Waals surface area contributed by atoms with E-state index in [-0.39, 0.29) is 6.61 Å². The standard InChI is InChI=1S/C23H23N3O3S/c1-5-14-29-22(17-8-6-16(2)7-9-17)23(30)25-21-12-13-24-26(21)18-10-11-19(27-3)20(15-18)28-4/h1,6-13,15,22H,14H2,2-4H3,(H,25,30). The number of rotatable bonds is 8. The van der Waals surface area contributed by atoms with Gasteiger partial charge in [0.25, 0.3) is 0 Å². The van der Waals surface area contributed by atoms with Crippen molar-refractivity contribution in [2.75, 3.05) is 26.1 Å². The van der Waals surface area contributed by atoms with Gasteiger partial charge in [-0.05, 0) is 24.6 Å². The van der Waals surface area contributed by atoms with Crippen LogP contribution in [0.4, 0.5) is 5.82 Å². The third-order valence-corrected chi connectivity index (χ3v) is 4.77. The Morgan fingerprint density at radius 1 is 1.13 bits per heavy atom. The Balaban J connectivity index is 1.87. The summed E-state index contributed by atoms with van der Waals surface area (Å²) in [5.74, 6) is 4.43. The molecule has 2 aromatic carbocycles. The van der Waals surface area contributed by atoms with Gasteiger partial charge >= 0.3 is 0 Å². The number of hydrogen-bond donors (Lipinski definition) is 1. The normalized spacial score (nSPS) is 11.4. The molecule has 0 saturated heterocycles. The molecule has 0 amide bonds. The van der Waals surface area contributed by atoms with Gasteiger partial charge in [-0.2, -0.15) is 5.10 Å². The van der Waals surface area contributed by atoms with Crippen molar-refractivity contribution < 1.29 is 14.2 Å². The van der Waals surface area contributed by atoms with Crippen LogP contribution in [0.5, 0.6) is 11.5 Å². The second kappa shape index (κ2) is 9.92. The molecule has 30 heavy (non-hydrogen) atoms. The van der Waals surface area contributed by atoms with E-state index in [1.807, 2.05) is 55.5 Å². The van der Waals surface area contributed by atoms with Crippen LogP contribution in [0.1, 0.15) is 17.2 Å². The molecular formula is C23H23N3O3S. The molecule has 0 aliphatic carbocycles. The molecule has 6 nitrogen and oxygen atoms in total. The number of thiocarbonyl (C=S) groups is 1. The summed E-state index contributed by atoms with van der Waals surface area (Å²) < 4.78 is 18.3. The third kappa shape index (κ3) is 4.79. The Labute approximate surface area is 181 Å². The first-order valence-electron chi connectivity index (χ1n) is 9.26. The van der Waals surface area contributed by atoms with Crippen LogP contribution in [0.2, 0.25) is 0 Å². The van der Waals surface area contributed by atoms with E-state index >= 15 is 0 Å². The average molecular weight is 422 g/mol. The van der Waals surface area contributed by atoms with Crippen molar-refractivity contribution in [2.45, 2.75) is 13.0 Å². The minimum absolute atomic E-state index is 0.148. The van der Waals surface area contributed by atoms with Gasteiger partial charge in [0.1, 0.15) is 23.5 Å². The number of aromatic nitrogens is 2. The van der Waals surface area contributed by atoms with Crippen LogP contribution in [-0.4, -0.2) is 35.6 Å². The van der Waals surface area contributed by atoms with Crippen LogP contribution >= 0.6 is 12.2 Å². The highest BCUT2D eigenvalue weighted by molar-refractivity contribution is 7.80. The lowest BCUT2D eigenvalue weighted by Crippen LogP contribution is -2.23. The predicted octanol–water partition coefficient (Wildman–Crippen LogP) is 4.33. The molecule has 0 spiro atoms. The van der Waals surface area contributed by atoms with Gasteiger partial charge in [0, 0.05) is 12.1 Å². The number of methoxy groups -OCH3 is 2. The molecule has 1 aromatic heterocycles. The van der Waals surface area contributed by atoms with E-state index in [0.29, 0.717) is 22.3 Å². The fraction of sp³-hybridized carbons (Fsp3) is 0.217. The summed E-state index contributed by atoms with van der Waals surface area (Å²) in [6, 6.07) is 15.4. The zero-order valence-corrected chi connectivity index (χ0v) is 17.9. The minimum Gasteiger partial charge on any atom is -0.493 e. The lowest BCUT2D eigenvalue weighted by atomic mass is 10.1. The van der Waals surface area contributed by atoms with Crippen molar-refractivity contribution in [2.24, 2.45) is 0 Å². The first-order chi connectivity index (χ1) is 14.6. The average Bonchev–Trinajstić information content (AvgIpc) is 3.22. The molecule has 3 rings (SSSR count). The van der Waals surface area contributed by atoms with Gasteiger partial charge in [-0.25, -0.2) is 4.68 Å². The van der Waals surface area contributed by atoms with Gasteiger partial charge in [0.05, 0.1) is 26.1 Å². The molecule has 0 saturated carbocycles. The zero-order chi connectivity index (χ0) is 21.5. The third-order valence-electron chi connectivity index (χ3n) is 4.46. The van der Waals surface area contributed by atoms with Gasteiger partial charge < -0.3 is 19.5 Å². The topological polar surface area (TPSA) is 57.5 Å².